The predicted octanol–water partition coefficient (Wildman–Crippen LogP) is 2.00. The van der Waals surface area contributed by atoms with Gasteiger partial charge >= 0.3 is 0 Å². The van der Waals surface area contributed by atoms with Gasteiger partial charge in [0, 0.05) is 13.1 Å². The lowest BCUT2D eigenvalue weighted by Gasteiger charge is -2.40. The van der Waals surface area contributed by atoms with Gasteiger partial charge in [-0.25, -0.2) is 0 Å². The minimum Gasteiger partial charge on any atom is -0.389 e. The van der Waals surface area contributed by atoms with Gasteiger partial charge in [0.05, 0.1) is 5.60 Å². The van der Waals surface area contributed by atoms with Crippen LogP contribution in [-0.2, 0) is 0 Å². The number of aliphatic hydroxyl groups is 1. The van der Waals surface area contributed by atoms with Crippen molar-refractivity contribution in [2.45, 2.75) is 57.5 Å². The van der Waals surface area contributed by atoms with Gasteiger partial charge in [0.15, 0.2) is 0 Å². The number of piperidine rings is 1. The molecule has 1 aliphatic carbocycles. The highest BCUT2D eigenvalue weighted by Gasteiger charge is 2.32. The van der Waals surface area contributed by atoms with E-state index < -0.39 is 0 Å². The smallest absolute Gasteiger partial charge is 0.0774 e. The Morgan fingerprint density at radius 2 is 2.00 bits per heavy atom. The maximum absolute atomic E-state index is 10.6. The first-order chi connectivity index (χ1) is 8.72. The number of likely N-dealkylation sites (tertiary alicyclic amines) is 1. The van der Waals surface area contributed by atoms with Crippen molar-refractivity contribution in [3.8, 4) is 0 Å². The van der Waals surface area contributed by atoms with Crippen LogP contribution in [0.25, 0.3) is 0 Å². The molecule has 0 aromatic carbocycles. The van der Waals surface area contributed by atoms with E-state index in [9.17, 15) is 5.11 Å². The normalized spacial score (nSPS) is 29.3. The molecule has 3 nitrogen and oxygen atoms in total. The quantitative estimate of drug-likeness (QED) is 0.788. The zero-order chi connectivity index (χ0) is 12.8. The number of nitrogens with zero attached hydrogens (tertiary/aromatic N) is 1. The Morgan fingerprint density at radius 1 is 1.22 bits per heavy atom. The number of nitrogens with one attached hydrogen (secondary N) is 1. The summed E-state index contributed by atoms with van der Waals surface area (Å²) in [5, 5.41) is 14.1. The molecule has 106 valence electrons. The molecule has 2 fully saturated rings. The molecule has 0 aromatic rings. The molecule has 1 saturated heterocycles. The second-order valence-corrected chi connectivity index (χ2v) is 6.34. The molecular formula is C15H30N2O. The van der Waals surface area contributed by atoms with Crippen LogP contribution in [-0.4, -0.2) is 48.3 Å². The molecule has 2 rings (SSSR count). The molecule has 0 aromatic heterocycles. The third kappa shape index (κ3) is 4.22. The molecule has 0 spiro atoms. The molecule has 0 radical (unpaired) electrons. The number of β-amino-alcohol motifs (C(OH)–C–C–N with tert-alkyl or cyclic N) is 1. The summed E-state index contributed by atoms with van der Waals surface area (Å²) >= 11 is 0. The van der Waals surface area contributed by atoms with Crippen LogP contribution >= 0.6 is 0 Å². The number of rotatable bonds is 5. The Bertz CT molecular complexity index is 239. The van der Waals surface area contributed by atoms with Gasteiger partial charge < -0.3 is 15.3 Å². The maximum Gasteiger partial charge on any atom is 0.0774 e. The molecule has 0 amide bonds. The van der Waals surface area contributed by atoms with E-state index in [0.717, 1.165) is 38.4 Å². The summed E-state index contributed by atoms with van der Waals surface area (Å²) in [6.07, 6.45) is 8.42. The highest BCUT2D eigenvalue weighted by molar-refractivity contribution is 4.87. The number of hydrogen-bond donors (Lipinski definition) is 2. The Labute approximate surface area is 112 Å². The van der Waals surface area contributed by atoms with Gasteiger partial charge in [-0.3, -0.25) is 0 Å². The maximum atomic E-state index is 10.6. The van der Waals surface area contributed by atoms with E-state index in [4.69, 9.17) is 0 Å². The fourth-order valence-corrected chi connectivity index (χ4v) is 3.59. The summed E-state index contributed by atoms with van der Waals surface area (Å²) < 4.78 is 0. The molecule has 0 bridgehead atoms. The zero-order valence-electron chi connectivity index (χ0n) is 12.0. The second kappa shape index (κ2) is 6.88. The van der Waals surface area contributed by atoms with Crippen LogP contribution in [0.4, 0.5) is 0 Å². The van der Waals surface area contributed by atoms with Gasteiger partial charge in [0.1, 0.15) is 0 Å². The van der Waals surface area contributed by atoms with E-state index in [0.29, 0.717) is 0 Å². The van der Waals surface area contributed by atoms with Gasteiger partial charge in [0.2, 0.25) is 0 Å². The van der Waals surface area contributed by atoms with E-state index >= 15 is 0 Å². The van der Waals surface area contributed by atoms with E-state index in [-0.39, 0.29) is 5.60 Å². The van der Waals surface area contributed by atoms with Crippen LogP contribution < -0.4 is 5.32 Å². The van der Waals surface area contributed by atoms with Crippen molar-refractivity contribution in [3.63, 3.8) is 0 Å². The Balaban J connectivity index is 1.77. The van der Waals surface area contributed by atoms with Crippen molar-refractivity contribution >= 4 is 0 Å². The molecular weight excluding hydrogens is 224 g/mol. The fourth-order valence-electron chi connectivity index (χ4n) is 3.59. The lowest BCUT2D eigenvalue weighted by Crippen LogP contribution is -2.49. The lowest BCUT2D eigenvalue weighted by molar-refractivity contribution is -0.0342. The monoisotopic (exact) mass is 254 g/mol. The minimum atomic E-state index is -0.377. The lowest BCUT2D eigenvalue weighted by atomic mass is 9.84. The average molecular weight is 254 g/mol. The first kappa shape index (κ1) is 14.3. The van der Waals surface area contributed by atoms with E-state index in [1.807, 2.05) is 0 Å². The van der Waals surface area contributed by atoms with Crippen molar-refractivity contribution in [2.24, 2.45) is 5.92 Å². The van der Waals surface area contributed by atoms with E-state index in [1.165, 1.54) is 45.2 Å². The summed E-state index contributed by atoms with van der Waals surface area (Å²) in [7, 11) is 0. The van der Waals surface area contributed by atoms with Crippen molar-refractivity contribution < 1.29 is 5.11 Å². The minimum absolute atomic E-state index is 0.377. The van der Waals surface area contributed by atoms with Crippen molar-refractivity contribution in [2.75, 3.05) is 32.7 Å². The molecule has 18 heavy (non-hydrogen) atoms. The van der Waals surface area contributed by atoms with Crippen LogP contribution in [0, 0.1) is 5.92 Å². The van der Waals surface area contributed by atoms with Crippen LogP contribution in [0.2, 0.25) is 0 Å². The van der Waals surface area contributed by atoms with E-state index in [1.54, 1.807) is 0 Å². The predicted molar refractivity (Wildman–Crippen MR) is 75.7 cm³/mol. The Kier molecular flexibility index (Phi) is 5.46. The fraction of sp³-hybridized carbons (Fsp3) is 1.00. The molecule has 2 N–H and O–H groups in total. The van der Waals surface area contributed by atoms with Crippen molar-refractivity contribution in [3.05, 3.63) is 0 Å². The Hall–Kier alpha value is -0.120. The average Bonchev–Trinajstić information content (AvgIpc) is 2.37. The summed E-state index contributed by atoms with van der Waals surface area (Å²) in [4.78, 5) is 2.51. The molecule has 1 saturated carbocycles. The van der Waals surface area contributed by atoms with Gasteiger partial charge in [-0.15, -0.1) is 0 Å². The summed E-state index contributed by atoms with van der Waals surface area (Å²) in [5.74, 6) is 0.783. The highest BCUT2D eigenvalue weighted by atomic mass is 16.3. The van der Waals surface area contributed by atoms with E-state index in [2.05, 4.69) is 17.1 Å². The SMILES string of the molecule is CCNCC1CCCN(CC2(O)CCCCC2)C1. The summed E-state index contributed by atoms with van der Waals surface area (Å²) in [6, 6.07) is 0. The molecule has 1 heterocycles. The van der Waals surface area contributed by atoms with Gasteiger partial charge in [-0.05, 0) is 51.2 Å². The van der Waals surface area contributed by atoms with Crippen LogP contribution in [0.3, 0.4) is 0 Å². The van der Waals surface area contributed by atoms with Gasteiger partial charge in [0.25, 0.3) is 0 Å². The van der Waals surface area contributed by atoms with Crippen molar-refractivity contribution in [1.29, 1.82) is 0 Å². The van der Waals surface area contributed by atoms with Crippen LogP contribution in [0.1, 0.15) is 51.9 Å². The topological polar surface area (TPSA) is 35.5 Å². The molecule has 2 aliphatic rings. The largest absolute Gasteiger partial charge is 0.389 e. The zero-order valence-corrected chi connectivity index (χ0v) is 12.0. The number of hydrogen-bond acceptors (Lipinski definition) is 3. The molecule has 1 unspecified atom stereocenters. The second-order valence-electron chi connectivity index (χ2n) is 6.34. The summed E-state index contributed by atoms with van der Waals surface area (Å²) in [6.45, 7) is 7.66. The standard InChI is InChI=1S/C15H30N2O/c1-2-16-11-14-7-6-10-17(12-14)13-15(18)8-4-3-5-9-15/h14,16,18H,2-13H2,1H3. The van der Waals surface area contributed by atoms with Gasteiger partial charge in [-0.2, -0.15) is 0 Å². The van der Waals surface area contributed by atoms with Crippen LogP contribution in [0.15, 0.2) is 0 Å². The van der Waals surface area contributed by atoms with Crippen molar-refractivity contribution in [1.82, 2.24) is 10.2 Å². The highest BCUT2D eigenvalue weighted by Crippen LogP contribution is 2.30. The third-order valence-corrected chi connectivity index (χ3v) is 4.59. The molecule has 1 aliphatic heterocycles. The van der Waals surface area contributed by atoms with Crippen LogP contribution in [0.5, 0.6) is 0 Å². The first-order valence-electron chi connectivity index (χ1n) is 7.87. The first-order valence-corrected chi connectivity index (χ1v) is 7.87. The summed E-state index contributed by atoms with van der Waals surface area (Å²) in [5.41, 5.74) is -0.377. The Morgan fingerprint density at radius 3 is 2.72 bits per heavy atom. The third-order valence-electron chi connectivity index (χ3n) is 4.59. The van der Waals surface area contributed by atoms with Gasteiger partial charge in [-0.1, -0.05) is 26.2 Å². The molecule has 1 atom stereocenters. The molecule has 3 heteroatoms.